The summed E-state index contributed by atoms with van der Waals surface area (Å²) in [5, 5.41) is 0. The maximum atomic E-state index is 13.9. The molecule has 2 aliphatic rings. The van der Waals surface area contributed by atoms with Crippen LogP contribution in [0, 0.1) is 0 Å². The fraction of sp³-hybridized carbons (Fsp3) is 0.167. The maximum absolute atomic E-state index is 13.9. The highest BCUT2D eigenvalue weighted by molar-refractivity contribution is 6.31. The predicted octanol–water partition coefficient (Wildman–Crippen LogP) is 3.89. The third-order valence-corrected chi connectivity index (χ3v) is 5.83. The number of rotatable bonds is 3. The Morgan fingerprint density at radius 2 is 1.18 bits per heavy atom. The maximum Gasteiger partial charge on any atom is 0.252 e. The van der Waals surface area contributed by atoms with Gasteiger partial charge in [-0.2, -0.15) is 0 Å². The molecular weight excluding hydrogens is 348 g/mol. The topological polar surface area (TPSA) is 40.6 Å². The Labute approximate surface area is 164 Å². The van der Waals surface area contributed by atoms with Crippen molar-refractivity contribution in [3.63, 3.8) is 0 Å². The Kier molecular flexibility index (Phi) is 3.63. The fourth-order valence-corrected chi connectivity index (χ4v) is 4.61. The lowest BCUT2D eigenvalue weighted by molar-refractivity contribution is -0.131. The second-order valence-electron chi connectivity index (χ2n) is 7.21. The average molecular weight is 368 g/mol. The lowest BCUT2D eigenvalue weighted by Crippen LogP contribution is -2.48. The minimum absolute atomic E-state index is 0.149. The number of hydrogen-bond donors (Lipinski definition) is 0. The van der Waals surface area contributed by atoms with Gasteiger partial charge in [-0.05, 0) is 24.6 Å². The second kappa shape index (κ2) is 6.06. The first-order chi connectivity index (χ1) is 13.7. The van der Waals surface area contributed by atoms with Gasteiger partial charge in [0, 0.05) is 29.0 Å². The van der Waals surface area contributed by atoms with Crippen LogP contribution in [0.25, 0.3) is 0 Å². The van der Waals surface area contributed by atoms with Crippen LogP contribution in [0.1, 0.15) is 23.6 Å². The molecule has 2 amide bonds. The SMILES string of the molecule is CCN1C(=O)C2(C(=O)N(Cc3ccccc3)c3ccccc32)c2ccccc21. The molecule has 3 aromatic rings. The summed E-state index contributed by atoms with van der Waals surface area (Å²) >= 11 is 0. The van der Waals surface area contributed by atoms with Crippen molar-refractivity contribution < 1.29 is 9.59 Å². The zero-order valence-electron chi connectivity index (χ0n) is 15.6. The predicted molar refractivity (Wildman–Crippen MR) is 109 cm³/mol. The number of likely N-dealkylation sites (N-methyl/N-ethyl adjacent to an activating group) is 1. The van der Waals surface area contributed by atoms with Crippen molar-refractivity contribution in [2.45, 2.75) is 18.9 Å². The summed E-state index contributed by atoms with van der Waals surface area (Å²) in [5.41, 5.74) is 2.97. The van der Waals surface area contributed by atoms with Gasteiger partial charge in [0.05, 0.1) is 6.54 Å². The molecule has 0 saturated heterocycles. The van der Waals surface area contributed by atoms with Gasteiger partial charge in [-0.3, -0.25) is 9.59 Å². The van der Waals surface area contributed by atoms with Crippen molar-refractivity contribution >= 4 is 23.2 Å². The first kappa shape index (κ1) is 16.8. The second-order valence-corrected chi connectivity index (χ2v) is 7.21. The monoisotopic (exact) mass is 368 g/mol. The van der Waals surface area contributed by atoms with Crippen LogP contribution in [0.4, 0.5) is 11.4 Å². The zero-order chi connectivity index (χ0) is 19.3. The van der Waals surface area contributed by atoms with Crippen molar-refractivity contribution in [1.29, 1.82) is 0 Å². The van der Waals surface area contributed by atoms with Crippen LogP contribution in [0.2, 0.25) is 0 Å². The van der Waals surface area contributed by atoms with Crippen LogP contribution in [-0.2, 0) is 21.5 Å². The summed E-state index contributed by atoms with van der Waals surface area (Å²) < 4.78 is 0. The average Bonchev–Trinajstić information content (AvgIpc) is 3.14. The Balaban J connectivity index is 1.73. The highest BCUT2D eigenvalue weighted by Gasteiger charge is 2.63. The number of benzene rings is 3. The minimum atomic E-state index is -1.28. The van der Waals surface area contributed by atoms with Crippen LogP contribution < -0.4 is 9.80 Å². The van der Waals surface area contributed by atoms with Gasteiger partial charge in [0.2, 0.25) is 0 Å². The summed E-state index contributed by atoms with van der Waals surface area (Å²) in [6, 6.07) is 25.3. The molecule has 5 rings (SSSR count). The molecule has 28 heavy (non-hydrogen) atoms. The lowest BCUT2D eigenvalue weighted by atomic mass is 9.76. The number of carbonyl (C=O) groups is 2. The van der Waals surface area contributed by atoms with E-state index < -0.39 is 5.41 Å². The van der Waals surface area contributed by atoms with Crippen molar-refractivity contribution in [2.75, 3.05) is 16.3 Å². The number of amides is 2. The molecule has 0 radical (unpaired) electrons. The van der Waals surface area contributed by atoms with E-state index in [0.29, 0.717) is 13.1 Å². The summed E-state index contributed by atoms with van der Waals surface area (Å²) in [6.45, 7) is 2.92. The molecule has 2 aliphatic heterocycles. The van der Waals surface area contributed by atoms with Crippen LogP contribution in [0.15, 0.2) is 78.9 Å². The van der Waals surface area contributed by atoms with Crippen LogP contribution in [-0.4, -0.2) is 18.4 Å². The molecule has 0 fully saturated rings. The normalized spacial score (nSPS) is 20.0. The fourth-order valence-electron chi connectivity index (χ4n) is 4.61. The summed E-state index contributed by atoms with van der Waals surface area (Å²) in [4.78, 5) is 31.1. The molecule has 0 saturated carbocycles. The summed E-state index contributed by atoms with van der Waals surface area (Å²) in [5.74, 6) is -0.310. The Hall–Kier alpha value is -3.40. The van der Waals surface area contributed by atoms with E-state index in [1.165, 1.54) is 0 Å². The molecule has 0 aromatic heterocycles. The lowest BCUT2D eigenvalue weighted by Gasteiger charge is -2.24. The highest BCUT2D eigenvalue weighted by Crippen LogP contribution is 2.54. The number of hydrogen-bond acceptors (Lipinski definition) is 2. The molecular formula is C24H20N2O2. The van der Waals surface area contributed by atoms with E-state index in [1.54, 1.807) is 9.80 Å². The number of carbonyl (C=O) groups excluding carboxylic acids is 2. The Bertz CT molecular complexity index is 1090. The summed E-state index contributed by atoms with van der Waals surface area (Å²) in [6.07, 6.45) is 0. The van der Waals surface area contributed by atoms with E-state index >= 15 is 0 Å². The molecule has 0 N–H and O–H groups in total. The van der Waals surface area contributed by atoms with E-state index in [1.807, 2.05) is 85.8 Å². The molecule has 1 atom stereocenters. The van der Waals surface area contributed by atoms with Gasteiger partial charge < -0.3 is 9.80 Å². The van der Waals surface area contributed by atoms with Gasteiger partial charge >= 0.3 is 0 Å². The van der Waals surface area contributed by atoms with Crippen molar-refractivity contribution in [3.05, 3.63) is 95.6 Å². The minimum Gasteiger partial charge on any atom is -0.311 e. The zero-order valence-corrected chi connectivity index (χ0v) is 15.6. The third-order valence-electron chi connectivity index (χ3n) is 5.83. The van der Waals surface area contributed by atoms with E-state index in [-0.39, 0.29) is 11.8 Å². The Morgan fingerprint density at radius 1 is 0.679 bits per heavy atom. The van der Waals surface area contributed by atoms with Gasteiger partial charge in [-0.15, -0.1) is 0 Å². The summed E-state index contributed by atoms with van der Waals surface area (Å²) in [7, 11) is 0. The van der Waals surface area contributed by atoms with Crippen molar-refractivity contribution in [2.24, 2.45) is 0 Å². The van der Waals surface area contributed by atoms with Gasteiger partial charge in [0.1, 0.15) is 0 Å². The first-order valence-electron chi connectivity index (χ1n) is 9.56. The quantitative estimate of drug-likeness (QED) is 0.658. The number of para-hydroxylation sites is 2. The molecule has 1 unspecified atom stereocenters. The van der Waals surface area contributed by atoms with Gasteiger partial charge in [-0.1, -0.05) is 66.7 Å². The highest BCUT2D eigenvalue weighted by atomic mass is 16.2. The van der Waals surface area contributed by atoms with Gasteiger partial charge in [0.15, 0.2) is 5.41 Å². The standard InChI is InChI=1S/C24H20N2O2/c1-2-25-20-14-8-6-12-18(20)24(22(25)27)19-13-7-9-15-21(19)26(23(24)28)16-17-10-4-3-5-11-17/h3-15H,2,16H2,1H3. The smallest absolute Gasteiger partial charge is 0.252 e. The number of nitrogens with zero attached hydrogens (tertiary/aromatic N) is 2. The first-order valence-corrected chi connectivity index (χ1v) is 9.56. The van der Waals surface area contributed by atoms with Crippen molar-refractivity contribution in [1.82, 2.24) is 0 Å². The van der Waals surface area contributed by atoms with Gasteiger partial charge in [0.25, 0.3) is 11.8 Å². The molecule has 4 nitrogen and oxygen atoms in total. The van der Waals surface area contributed by atoms with Crippen LogP contribution >= 0.6 is 0 Å². The molecule has 0 bridgehead atoms. The number of anilines is 2. The van der Waals surface area contributed by atoms with Crippen molar-refractivity contribution in [3.8, 4) is 0 Å². The Morgan fingerprint density at radius 3 is 1.79 bits per heavy atom. The molecule has 3 aromatic carbocycles. The molecule has 0 aliphatic carbocycles. The van der Waals surface area contributed by atoms with Crippen LogP contribution in [0.3, 0.4) is 0 Å². The van der Waals surface area contributed by atoms with Crippen LogP contribution in [0.5, 0.6) is 0 Å². The van der Waals surface area contributed by atoms with E-state index in [2.05, 4.69) is 0 Å². The van der Waals surface area contributed by atoms with Gasteiger partial charge in [-0.25, -0.2) is 0 Å². The van der Waals surface area contributed by atoms with E-state index in [0.717, 1.165) is 28.1 Å². The molecule has 4 heteroatoms. The third kappa shape index (κ3) is 2.00. The molecule has 1 spiro atoms. The van der Waals surface area contributed by atoms with E-state index in [4.69, 9.17) is 0 Å². The number of fused-ring (bicyclic) bond motifs is 4. The van der Waals surface area contributed by atoms with E-state index in [9.17, 15) is 9.59 Å². The molecule has 2 heterocycles. The molecule has 138 valence electrons. The largest absolute Gasteiger partial charge is 0.311 e.